The highest BCUT2D eigenvalue weighted by Gasteiger charge is 2.39. The molecule has 1 amide bonds. The summed E-state index contributed by atoms with van der Waals surface area (Å²) in [5.41, 5.74) is 0.483. The van der Waals surface area contributed by atoms with E-state index in [0.29, 0.717) is 13.1 Å². The Hall–Kier alpha value is -3.09. The van der Waals surface area contributed by atoms with Gasteiger partial charge in [0.05, 0.1) is 6.54 Å². The van der Waals surface area contributed by atoms with Crippen LogP contribution in [-0.2, 0) is 0 Å². The summed E-state index contributed by atoms with van der Waals surface area (Å²) < 4.78 is 6.22. The molecule has 7 nitrogen and oxygen atoms in total. The molecule has 1 spiro atoms. The van der Waals surface area contributed by atoms with Gasteiger partial charge >= 0.3 is 5.97 Å². The number of fused-ring (bicyclic) bond motifs is 1. The van der Waals surface area contributed by atoms with E-state index in [0.717, 1.165) is 24.2 Å². The minimum atomic E-state index is -1.14. The maximum Gasteiger partial charge on any atom is 0.353 e. The highest BCUT2D eigenvalue weighted by atomic mass is 16.5. The van der Waals surface area contributed by atoms with Crippen molar-refractivity contribution in [2.24, 2.45) is 0 Å². The van der Waals surface area contributed by atoms with Crippen LogP contribution in [0, 0.1) is 0 Å². The summed E-state index contributed by atoms with van der Waals surface area (Å²) in [5, 5.41) is 15.1. The van der Waals surface area contributed by atoms with E-state index < -0.39 is 11.6 Å². The minimum Gasteiger partial charge on any atom is -0.481 e. The number of likely N-dealkylation sites (tertiary alicyclic amines) is 1. The molecule has 1 aromatic carbocycles. The first-order valence-corrected chi connectivity index (χ1v) is 8.12. The van der Waals surface area contributed by atoms with Gasteiger partial charge in [-0.1, -0.05) is 24.3 Å². The number of carboxylic acids is 1. The summed E-state index contributed by atoms with van der Waals surface area (Å²) in [7, 11) is 0. The van der Waals surface area contributed by atoms with E-state index in [9.17, 15) is 9.59 Å². The van der Waals surface area contributed by atoms with Crippen LogP contribution in [0.3, 0.4) is 0 Å². The lowest BCUT2D eigenvalue weighted by Crippen LogP contribution is -2.53. The second-order valence-electron chi connectivity index (χ2n) is 6.34. The van der Waals surface area contributed by atoms with Gasteiger partial charge in [-0.15, -0.1) is 0 Å². The Morgan fingerprint density at radius 1 is 1.32 bits per heavy atom. The Morgan fingerprint density at radius 3 is 2.96 bits per heavy atom. The van der Waals surface area contributed by atoms with Crippen molar-refractivity contribution in [2.45, 2.75) is 18.4 Å². The zero-order chi connectivity index (χ0) is 17.4. The third-order valence-electron chi connectivity index (χ3n) is 4.60. The number of rotatable bonds is 2. The number of hydrogen-bond acceptors (Lipinski definition) is 4. The molecule has 4 rings (SSSR count). The van der Waals surface area contributed by atoms with Gasteiger partial charge < -0.3 is 14.7 Å². The normalized spacial score (nSPS) is 21.7. The van der Waals surface area contributed by atoms with Crippen molar-refractivity contribution in [1.29, 1.82) is 0 Å². The van der Waals surface area contributed by atoms with Crippen molar-refractivity contribution < 1.29 is 19.4 Å². The predicted octanol–water partition coefficient (Wildman–Crippen LogP) is 2.19. The van der Waals surface area contributed by atoms with Crippen molar-refractivity contribution in [3.63, 3.8) is 0 Å². The molecular weight excluding hydrogens is 322 g/mol. The number of amides is 1. The highest BCUT2D eigenvalue weighted by Crippen LogP contribution is 2.36. The van der Waals surface area contributed by atoms with Crippen LogP contribution in [0.25, 0.3) is 6.08 Å². The number of nitrogens with zero attached hydrogens (tertiary/aromatic N) is 2. The third kappa shape index (κ3) is 2.77. The van der Waals surface area contributed by atoms with Crippen molar-refractivity contribution in [3.05, 3.63) is 53.4 Å². The molecule has 25 heavy (non-hydrogen) atoms. The molecule has 1 aromatic heterocycles. The maximum atomic E-state index is 12.7. The second kappa shape index (κ2) is 5.77. The van der Waals surface area contributed by atoms with Crippen LogP contribution in [0.2, 0.25) is 0 Å². The van der Waals surface area contributed by atoms with Crippen LogP contribution in [-0.4, -0.2) is 50.8 Å². The van der Waals surface area contributed by atoms with E-state index in [-0.39, 0.29) is 17.3 Å². The van der Waals surface area contributed by atoms with Gasteiger partial charge in [-0.25, -0.2) is 4.79 Å². The molecule has 1 saturated heterocycles. The number of ether oxygens (including phenoxy) is 1. The average molecular weight is 339 g/mol. The van der Waals surface area contributed by atoms with Crippen molar-refractivity contribution in [1.82, 2.24) is 15.1 Å². The summed E-state index contributed by atoms with van der Waals surface area (Å²) in [6, 6.07) is 9.06. The van der Waals surface area contributed by atoms with Gasteiger partial charge in [0.25, 0.3) is 5.91 Å². The van der Waals surface area contributed by atoms with Gasteiger partial charge in [0.2, 0.25) is 0 Å². The molecular formula is C18H17N3O4. The first-order valence-electron chi connectivity index (χ1n) is 8.12. The second-order valence-corrected chi connectivity index (χ2v) is 6.34. The van der Waals surface area contributed by atoms with Crippen LogP contribution in [0.15, 0.2) is 36.4 Å². The number of hydrogen-bond donors (Lipinski definition) is 2. The van der Waals surface area contributed by atoms with E-state index in [1.165, 1.54) is 6.07 Å². The fraction of sp³-hybridized carbons (Fsp3) is 0.278. The maximum absolute atomic E-state index is 12.7. The van der Waals surface area contributed by atoms with Crippen LogP contribution in [0.1, 0.15) is 39.4 Å². The van der Waals surface area contributed by atoms with Crippen LogP contribution in [0.5, 0.6) is 5.75 Å². The van der Waals surface area contributed by atoms with Gasteiger partial charge in [0, 0.05) is 18.2 Å². The number of para-hydroxylation sites is 1. The fourth-order valence-electron chi connectivity index (χ4n) is 3.35. The first-order chi connectivity index (χ1) is 12.1. The molecule has 2 aliphatic heterocycles. The molecule has 7 heteroatoms. The summed E-state index contributed by atoms with van der Waals surface area (Å²) in [6.45, 7) is 1.00. The lowest BCUT2D eigenvalue weighted by molar-refractivity contribution is 0.0232. The molecule has 3 heterocycles. The molecule has 128 valence electrons. The number of benzene rings is 1. The van der Waals surface area contributed by atoms with Crippen LogP contribution < -0.4 is 4.74 Å². The largest absolute Gasteiger partial charge is 0.481 e. The summed E-state index contributed by atoms with van der Waals surface area (Å²) in [6.07, 6.45) is 5.67. The third-order valence-corrected chi connectivity index (χ3v) is 4.60. The Morgan fingerprint density at radius 2 is 2.16 bits per heavy atom. The Kier molecular flexibility index (Phi) is 3.56. The number of aromatic carboxylic acids is 1. The molecule has 2 aromatic rings. The van der Waals surface area contributed by atoms with Crippen LogP contribution in [0.4, 0.5) is 0 Å². The summed E-state index contributed by atoms with van der Waals surface area (Å²) in [5.74, 6) is -0.622. The number of piperidine rings is 1. The molecule has 0 radical (unpaired) electrons. The molecule has 2 N–H and O–H groups in total. The monoisotopic (exact) mass is 339 g/mol. The van der Waals surface area contributed by atoms with Gasteiger partial charge in [0.1, 0.15) is 17.0 Å². The topological polar surface area (TPSA) is 95.5 Å². The molecule has 0 saturated carbocycles. The Balaban J connectivity index is 1.55. The molecule has 0 aliphatic carbocycles. The van der Waals surface area contributed by atoms with Gasteiger partial charge in [-0.05, 0) is 25.0 Å². The van der Waals surface area contributed by atoms with E-state index in [2.05, 4.69) is 10.2 Å². The van der Waals surface area contributed by atoms with Crippen LogP contribution >= 0.6 is 0 Å². The first kappa shape index (κ1) is 15.4. The lowest BCUT2D eigenvalue weighted by atomic mass is 9.89. The number of aromatic amines is 1. The van der Waals surface area contributed by atoms with E-state index in [1.54, 1.807) is 4.90 Å². The molecule has 1 atom stereocenters. The molecule has 2 aliphatic rings. The molecule has 1 fully saturated rings. The number of carbonyl (C=O) groups is 2. The van der Waals surface area contributed by atoms with Crippen molar-refractivity contribution in [2.75, 3.05) is 13.1 Å². The Labute approximate surface area is 143 Å². The van der Waals surface area contributed by atoms with Gasteiger partial charge in [-0.3, -0.25) is 9.89 Å². The fourth-order valence-corrected chi connectivity index (χ4v) is 3.35. The number of carbonyl (C=O) groups excluding carboxylic acids is 1. The standard InChI is InChI=1S/C18H17N3O4/c22-16(13-10-14(17(23)24)20-19-13)21-9-3-7-18(11-21)8-6-12-4-1-2-5-15(12)25-18/h1-2,4-6,8,10H,3,7,9,11H2,(H,19,20)(H,23,24). The molecule has 0 bridgehead atoms. The predicted molar refractivity (Wildman–Crippen MR) is 89.5 cm³/mol. The zero-order valence-corrected chi connectivity index (χ0v) is 13.4. The van der Waals surface area contributed by atoms with Crippen molar-refractivity contribution in [3.8, 4) is 5.75 Å². The SMILES string of the molecule is O=C(O)c1cc(C(=O)N2CCCC3(C=Cc4ccccc4O3)C2)n[nH]1. The van der Waals surface area contributed by atoms with E-state index in [4.69, 9.17) is 9.84 Å². The Bertz CT molecular complexity index is 873. The van der Waals surface area contributed by atoms with E-state index >= 15 is 0 Å². The van der Waals surface area contributed by atoms with E-state index in [1.807, 2.05) is 36.4 Å². The minimum absolute atomic E-state index is 0.0992. The highest BCUT2D eigenvalue weighted by molar-refractivity contribution is 5.95. The zero-order valence-electron chi connectivity index (χ0n) is 13.4. The van der Waals surface area contributed by atoms with Crippen molar-refractivity contribution >= 4 is 18.0 Å². The molecule has 1 unspecified atom stereocenters. The number of aromatic nitrogens is 2. The number of nitrogens with one attached hydrogen (secondary N) is 1. The van der Waals surface area contributed by atoms with Gasteiger partial charge in [0.15, 0.2) is 5.69 Å². The number of carboxylic acid groups (broad SMARTS) is 1. The van der Waals surface area contributed by atoms with Gasteiger partial charge in [-0.2, -0.15) is 5.10 Å². The quantitative estimate of drug-likeness (QED) is 0.874. The summed E-state index contributed by atoms with van der Waals surface area (Å²) >= 11 is 0. The smallest absolute Gasteiger partial charge is 0.353 e. The lowest BCUT2D eigenvalue weighted by Gasteiger charge is -2.42. The number of H-pyrrole nitrogens is 1. The average Bonchev–Trinajstić information content (AvgIpc) is 3.11. The summed E-state index contributed by atoms with van der Waals surface area (Å²) in [4.78, 5) is 25.3.